The maximum Gasteiger partial charge on any atom is 0.272 e. The van der Waals surface area contributed by atoms with E-state index in [4.69, 9.17) is 0 Å². The molecular formula is C17H20N4O2. The predicted octanol–water partition coefficient (Wildman–Crippen LogP) is 1.64. The summed E-state index contributed by atoms with van der Waals surface area (Å²) in [7, 11) is 0. The fraction of sp³-hybridized carbons (Fsp3) is 0.471. The highest BCUT2D eigenvalue weighted by Gasteiger charge is 2.48. The van der Waals surface area contributed by atoms with Gasteiger partial charge >= 0.3 is 0 Å². The van der Waals surface area contributed by atoms with Gasteiger partial charge in [0.25, 0.3) is 5.91 Å². The van der Waals surface area contributed by atoms with Crippen molar-refractivity contribution >= 4 is 5.91 Å². The minimum absolute atomic E-state index is 0.0582. The molecule has 4 rings (SSSR count). The summed E-state index contributed by atoms with van der Waals surface area (Å²) in [5.41, 5.74) is 0.358. The number of hydrogen-bond acceptors (Lipinski definition) is 4. The lowest BCUT2D eigenvalue weighted by molar-refractivity contribution is -0.0836. The van der Waals surface area contributed by atoms with Crippen molar-refractivity contribution in [2.24, 2.45) is 5.41 Å². The minimum atomic E-state index is -0.274. The number of piperidine rings is 1. The zero-order valence-corrected chi connectivity index (χ0v) is 12.9. The zero-order chi connectivity index (χ0) is 15.9. The van der Waals surface area contributed by atoms with Crippen molar-refractivity contribution in [2.75, 3.05) is 13.1 Å². The molecule has 1 spiro atoms. The molecule has 0 aromatic carbocycles. The number of nitrogens with zero attached hydrogens (tertiary/aromatic N) is 4. The quantitative estimate of drug-likeness (QED) is 0.915. The highest BCUT2D eigenvalue weighted by atomic mass is 16.3. The molecule has 2 aromatic heterocycles. The molecular weight excluding hydrogens is 292 g/mol. The molecule has 1 unspecified atom stereocenters. The van der Waals surface area contributed by atoms with E-state index in [1.54, 1.807) is 23.1 Å². The normalized spacial score (nSPS) is 22.8. The van der Waals surface area contributed by atoms with Gasteiger partial charge in [-0.25, -0.2) is 9.67 Å². The smallest absolute Gasteiger partial charge is 0.272 e. The third-order valence-corrected chi connectivity index (χ3v) is 5.21. The number of pyridine rings is 1. The SMILES string of the molecule is O=C(c1cccc(-n2cccn2)n1)N1CCC(O)C2(CCC2)C1. The fourth-order valence-electron chi connectivity index (χ4n) is 3.68. The van der Waals surface area contributed by atoms with Crippen LogP contribution in [0.2, 0.25) is 0 Å². The Balaban J connectivity index is 1.56. The van der Waals surface area contributed by atoms with Gasteiger partial charge in [0.2, 0.25) is 0 Å². The Bertz CT molecular complexity index is 709. The number of likely N-dealkylation sites (tertiary alicyclic amines) is 1. The highest BCUT2D eigenvalue weighted by molar-refractivity contribution is 5.92. The molecule has 2 aromatic rings. The average Bonchev–Trinajstić information content (AvgIpc) is 3.08. The number of amides is 1. The lowest BCUT2D eigenvalue weighted by Crippen LogP contribution is -2.56. The maximum absolute atomic E-state index is 12.8. The molecule has 120 valence electrons. The predicted molar refractivity (Wildman–Crippen MR) is 84.2 cm³/mol. The Morgan fingerprint density at radius 1 is 1.30 bits per heavy atom. The van der Waals surface area contributed by atoms with Crippen molar-refractivity contribution in [3.63, 3.8) is 0 Å². The van der Waals surface area contributed by atoms with Gasteiger partial charge in [-0.05, 0) is 37.5 Å². The lowest BCUT2D eigenvalue weighted by atomic mass is 9.62. The van der Waals surface area contributed by atoms with Gasteiger partial charge in [-0.2, -0.15) is 5.10 Å². The van der Waals surface area contributed by atoms with Gasteiger partial charge in [0.15, 0.2) is 5.82 Å². The van der Waals surface area contributed by atoms with Crippen LogP contribution in [0.15, 0.2) is 36.7 Å². The maximum atomic E-state index is 12.8. The molecule has 1 aliphatic heterocycles. The Hall–Kier alpha value is -2.21. The Labute approximate surface area is 134 Å². The van der Waals surface area contributed by atoms with Crippen LogP contribution < -0.4 is 0 Å². The van der Waals surface area contributed by atoms with Gasteiger partial charge in [-0.15, -0.1) is 0 Å². The Morgan fingerprint density at radius 2 is 2.17 bits per heavy atom. The third-order valence-electron chi connectivity index (χ3n) is 5.21. The van der Waals surface area contributed by atoms with E-state index >= 15 is 0 Å². The van der Waals surface area contributed by atoms with Crippen LogP contribution in [0.1, 0.15) is 36.2 Å². The number of aliphatic hydroxyl groups excluding tert-OH is 1. The summed E-state index contributed by atoms with van der Waals surface area (Å²) in [5.74, 6) is 0.577. The van der Waals surface area contributed by atoms with E-state index in [0.717, 1.165) is 19.3 Å². The van der Waals surface area contributed by atoms with Gasteiger partial charge < -0.3 is 10.0 Å². The molecule has 1 saturated heterocycles. The summed E-state index contributed by atoms with van der Waals surface area (Å²) in [6, 6.07) is 7.22. The third kappa shape index (κ3) is 2.43. The zero-order valence-electron chi connectivity index (χ0n) is 12.9. The summed E-state index contributed by atoms with van der Waals surface area (Å²) in [5, 5.41) is 14.4. The van der Waals surface area contributed by atoms with Crippen LogP contribution in [-0.2, 0) is 0 Å². The number of carbonyl (C=O) groups is 1. The van der Waals surface area contributed by atoms with Crippen molar-refractivity contribution in [3.8, 4) is 5.82 Å². The molecule has 1 amide bonds. The molecule has 6 nitrogen and oxygen atoms in total. The van der Waals surface area contributed by atoms with Crippen LogP contribution >= 0.6 is 0 Å². The number of aromatic nitrogens is 3. The van der Waals surface area contributed by atoms with E-state index in [-0.39, 0.29) is 17.4 Å². The van der Waals surface area contributed by atoms with Gasteiger partial charge in [-0.3, -0.25) is 4.79 Å². The molecule has 0 bridgehead atoms. The summed E-state index contributed by atoms with van der Waals surface area (Å²) in [6.45, 7) is 1.23. The Kier molecular flexibility index (Phi) is 3.41. The molecule has 6 heteroatoms. The number of hydrogen-bond donors (Lipinski definition) is 1. The van der Waals surface area contributed by atoms with E-state index in [9.17, 15) is 9.90 Å². The van der Waals surface area contributed by atoms with Gasteiger partial charge in [-0.1, -0.05) is 12.5 Å². The first-order valence-corrected chi connectivity index (χ1v) is 8.12. The lowest BCUT2D eigenvalue weighted by Gasteiger charge is -2.51. The molecule has 1 aliphatic carbocycles. The first kappa shape index (κ1) is 14.4. The molecule has 23 heavy (non-hydrogen) atoms. The van der Waals surface area contributed by atoms with Crippen molar-refractivity contribution in [1.82, 2.24) is 19.7 Å². The summed E-state index contributed by atoms with van der Waals surface area (Å²) in [6.07, 6.45) is 7.04. The number of carbonyl (C=O) groups excluding carboxylic acids is 1. The van der Waals surface area contributed by atoms with Crippen molar-refractivity contribution in [1.29, 1.82) is 0 Å². The first-order valence-electron chi connectivity index (χ1n) is 8.12. The molecule has 0 radical (unpaired) electrons. The van der Waals surface area contributed by atoms with Crippen molar-refractivity contribution < 1.29 is 9.90 Å². The Morgan fingerprint density at radius 3 is 2.87 bits per heavy atom. The first-order chi connectivity index (χ1) is 11.2. The molecule has 2 fully saturated rings. The number of aliphatic hydroxyl groups is 1. The number of rotatable bonds is 2. The monoisotopic (exact) mass is 312 g/mol. The van der Waals surface area contributed by atoms with E-state index in [0.29, 0.717) is 31.0 Å². The second-order valence-electron chi connectivity index (χ2n) is 6.58. The molecule has 2 aliphatic rings. The summed E-state index contributed by atoms with van der Waals surface area (Å²) in [4.78, 5) is 19.1. The molecule has 1 N–H and O–H groups in total. The van der Waals surface area contributed by atoms with E-state index in [1.807, 2.05) is 23.1 Å². The molecule has 1 saturated carbocycles. The molecule has 1 atom stereocenters. The van der Waals surface area contributed by atoms with E-state index in [2.05, 4.69) is 10.1 Å². The average molecular weight is 312 g/mol. The van der Waals surface area contributed by atoms with Crippen LogP contribution in [0.25, 0.3) is 5.82 Å². The van der Waals surface area contributed by atoms with Crippen LogP contribution in [0.4, 0.5) is 0 Å². The standard InChI is InChI=1S/C17H20N4O2/c22-14-6-11-20(12-17(14)7-2-8-17)16(23)13-4-1-5-15(19-13)21-10-3-9-18-21/h1,3-5,9-10,14,22H,2,6-8,11-12H2. The molecule has 3 heterocycles. The fourth-order valence-corrected chi connectivity index (χ4v) is 3.68. The largest absolute Gasteiger partial charge is 0.392 e. The topological polar surface area (TPSA) is 71.2 Å². The second kappa shape index (κ2) is 5.45. The van der Waals surface area contributed by atoms with Crippen LogP contribution in [0.5, 0.6) is 0 Å². The van der Waals surface area contributed by atoms with Crippen LogP contribution in [0, 0.1) is 5.41 Å². The summed E-state index contributed by atoms with van der Waals surface area (Å²) >= 11 is 0. The van der Waals surface area contributed by atoms with Gasteiger partial charge in [0.1, 0.15) is 5.69 Å². The van der Waals surface area contributed by atoms with E-state index < -0.39 is 0 Å². The van der Waals surface area contributed by atoms with Gasteiger partial charge in [0.05, 0.1) is 6.10 Å². The van der Waals surface area contributed by atoms with Crippen molar-refractivity contribution in [2.45, 2.75) is 31.8 Å². The highest BCUT2D eigenvalue weighted by Crippen LogP contribution is 2.47. The van der Waals surface area contributed by atoms with Crippen LogP contribution in [-0.4, -0.2) is 49.9 Å². The van der Waals surface area contributed by atoms with Gasteiger partial charge in [0, 0.05) is 30.9 Å². The minimum Gasteiger partial charge on any atom is -0.392 e. The van der Waals surface area contributed by atoms with Crippen molar-refractivity contribution in [3.05, 3.63) is 42.4 Å². The second-order valence-corrected chi connectivity index (χ2v) is 6.58. The van der Waals surface area contributed by atoms with E-state index in [1.165, 1.54) is 0 Å². The summed E-state index contributed by atoms with van der Waals surface area (Å²) < 4.78 is 1.64. The van der Waals surface area contributed by atoms with Crippen LogP contribution in [0.3, 0.4) is 0 Å².